The number of nitrogens with one attached hydrogen (secondary N) is 1. The fourth-order valence-electron chi connectivity index (χ4n) is 2.64. The van der Waals surface area contributed by atoms with Gasteiger partial charge in [-0.15, -0.1) is 0 Å². The van der Waals surface area contributed by atoms with Gasteiger partial charge >= 0.3 is 5.97 Å². The predicted octanol–water partition coefficient (Wildman–Crippen LogP) is 2.87. The molecule has 0 saturated heterocycles. The van der Waals surface area contributed by atoms with Crippen LogP contribution in [0.3, 0.4) is 0 Å². The number of benzene rings is 1. The number of carbonyl (C=O) groups is 3. The number of rotatable bonds is 5. The van der Waals surface area contributed by atoms with E-state index in [0.29, 0.717) is 17.0 Å². The number of ether oxygens (including phenoxy) is 1. The molecule has 1 aromatic heterocycles. The third-order valence-corrected chi connectivity index (χ3v) is 3.73. The third-order valence-electron chi connectivity index (χ3n) is 3.73. The summed E-state index contributed by atoms with van der Waals surface area (Å²) in [4.78, 5) is 36.6. The first-order chi connectivity index (χ1) is 11.4. The van der Waals surface area contributed by atoms with Crippen LogP contribution in [-0.2, 0) is 4.74 Å². The van der Waals surface area contributed by atoms with Gasteiger partial charge in [-0.2, -0.15) is 0 Å². The van der Waals surface area contributed by atoms with Gasteiger partial charge < -0.3 is 4.74 Å². The zero-order valence-electron chi connectivity index (χ0n) is 14.2. The molecule has 0 aliphatic heterocycles. The Hall–Kier alpha value is -2.89. The van der Waals surface area contributed by atoms with Gasteiger partial charge in [0.2, 0.25) is 0 Å². The number of nitrogens with zero attached hydrogens (tertiary/aromatic N) is 1. The smallest absolute Gasteiger partial charge is 0.340 e. The standard InChI is InChI=1S/C18H20N2O4/c1-5-24-18(23)16-12(3)20(11(2)15(16)13(4)21)19-17(22)14-9-7-6-8-10-14/h6-10H,5H2,1-4H3,(H,19,22). The number of carbonyl (C=O) groups excluding carboxylic acids is 3. The first-order valence-electron chi connectivity index (χ1n) is 7.64. The summed E-state index contributed by atoms with van der Waals surface area (Å²) in [6.07, 6.45) is 0. The van der Waals surface area contributed by atoms with E-state index in [1.165, 1.54) is 11.6 Å². The minimum absolute atomic E-state index is 0.190. The number of amides is 1. The van der Waals surface area contributed by atoms with Crippen LogP contribution in [0.25, 0.3) is 0 Å². The Morgan fingerprint density at radius 3 is 2.17 bits per heavy atom. The van der Waals surface area contributed by atoms with Crippen LogP contribution in [0.5, 0.6) is 0 Å². The molecule has 6 nitrogen and oxygen atoms in total. The predicted molar refractivity (Wildman–Crippen MR) is 90.0 cm³/mol. The maximum absolute atomic E-state index is 12.4. The molecule has 6 heteroatoms. The molecule has 2 rings (SSSR count). The van der Waals surface area contributed by atoms with E-state index >= 15 is 0 Å². The molecule has 0 fully saturated rings. The molecule has 1 amide bonds. The van der Waals surface area contributed by atoms with Crippen LogP contribution < -0.4 is 5.43 Å². The number of hydrogen-bond acceptors (Lipinski definition) is 4. The van der Waals surface area contributed by atoms with Crippen molar-refractivity contribution < 1.29 is 19.1 Å². The minimum atomic E-state index is -0.573. The highest BCUT2D eigenvalue weighted by atomic mass is 16.5. The van der Waals surface area contributed by atoms with Gasteiger partial charge in [0.05, 0.1) is 23.4 Å². The van der Waals surface area contributed by atoms with E-state index < -0.39 is 5.97 Å². The van der Waals surface area contributed by atoms with Crippen molar-refractivity contribution in [1.29, 1.82) is 0 Å². The summed E-state index contributed by atoms with van der Waals surface area (Å²) in [6, 6.07) is 8.70. The Morgan fingerprint density at radius 1 is 1.04 bits per heavy atom. The van der Waals surface area contributed by atoms with Crippen LogP contribution >= 0.6 is 0 Å². The zero-order chi connectivity index (χ0) is 17.9. The van der Waals surface area contributed by atoms with Crippen molar-refractivity contribution in [2.24, 2.45) is 0 Å². The Balaban J connectivity index is 2.48. The van der Waals surface area contributed by atoms with Gasteiger partial charge in [0.15, 0.2) is 5.78 Å². The van der Waals surface area contributed by atoms with Gasteiger partial charge in [-0.05, 0) is 39.8 Å². The molecule has 0 saturated carbocycles. The summed E-state index contributed by atoms with van der Waals surface area (Å²) in [7, 11) is 0. The van der Waals surface area contributed by atoms with Crippen molar-refractivity contribution in [3.05, 3.63) is 58.4 Å². The van der Waals surface area contributed by atoms with E-state index in [4.69, 9.17) is 4.74 Å². The molecular formula is C18H20N2O4. The Labute approximate surface area is 140 Å². The number of ketones is 1. The van der Waals surface area contributed by atoms with E-state index in [-0.39, 0.29) is 29.4 Å². The van der Waals surface area contributed by atoms with Gasteiger partial charge in [-0.25, -0.2) is 4.79 Å². The Kier molecular flexibility index (Phi) is 5.18. The SMILES string of the molecule is CCOC(=O)c1c(C(C)=O)c(C)n(NC(=O)c2ccccc2)c1C. The van der Waals surface area contributed by atoms with Crippen molar-refractivity contribution in [1.82, 2.24) is 4.68 Å². The van der Waals surface area contributed by atoms with Crippen LogP contribution in [0.4, 0.5) is 0 Å². The molecule has 0 bridgehead atoms. The highest BCUT2D eigenvalue weighted by Crippen LogP contribution is 2.23. The summed E-state index contributed by atoms with van der Waals surface area (Å²) < 4.78 is 6.50. The lowest BCUT2D eigenvalue weighted by Crippen LogP contribution is -2.25. The molecule has 0 aliphatic carbocycles. The third kappa shape index (κ3) is 3.22. The molecule has 24 heavy (non-hydrogen) atoms. The normalized spacial score (nSPS) is 10.3. The van der Waals surface area contributed by atoms with Gasteiger partial charge in [-0.3, -0.25) is 19.7 Å². The Bertz CT molecular complexity index is 791. The van der Waals surface area contributed by atoms with Crippen LogP contribution in [-0.4, -0.2) is 28.9 Å². The first kappa shape index (κ1) is 17.5. The van der Waals surface area contributed by atoms with Crippen LogP contribution in [0.1, 0.15) is 56.3 Å². The molecule has 0 aliphatic rings. The molecule has 1 aromatic carbocycles. The van der Waals surface area contributed by atoms with Crippen molar-refractivity contribution in [3.63, 3.8) is 0 Å². The second kappa shape index (κ2) is 7.12. The van der Waals surface area contributed by atoms with Crippen molar-refractivity contribution >= 4 is 17.7 Å². The molecule has 0 unspecified atom stereocenters. The maximum atomic E-state index is 12.4. The van der Waals surface area contributed by atoms with Crippen molar-refractivity contribution in [2.45, 2.75) is 27.7 Å². The first-order valence-corrected chi connectivity index (χ1v) is 7.64. The van der Waals surface area contributed by atoms with E-state index in [2.05, 4.69) is 5.43 Å². The highest BCUT2D eigenvalue weighted by Gasteiger charge is 2.27. The zero-order valence-corrected chi connectivity index (χ0v) is 14.2. The minimum Gasteiger partial charge on any atom is -0.462 e. The molecule has 2 aromatic rings. The number of Topliss-reactive ketones (excluding diaryl/α,β-unsaturated/α-hetero) is 1. The summed E-state index contributed by atoms with van der Waals surface area (Å²) >= 11 is 0. The monoisotopic (exact) mass is 328 g/mol. The largest absolute Gasteiger partial charge is 0.462 e. The van der Waals surface area contributed by atoms with Crippen molar-refractivity contribution in [3.8, 4) is 0 Å². The maximum Gasteiger partial charge on any atom is 0.340 e. The van der Waals surface area contributed by atoms with Gasteiger partial charge in [0.25, 0.3) is 5.91 Å². The van der Waals surface area contributed by atoms with E-state index in [0.717, 1.165) is 0 Å². The van der Waals surface area contributed by atoms with Crippen LogP contribution in [0, 0.1) is 13.8 Å². The Morgan fingerprint density at radius 2 is 1.62 bits per heavy atom. The number of hydrogen-bond donors (Lipinski definition) is 1. The lowest BCUT2D eigenvalue weighted by Gasteiger charge is -2.11. The second-order valence-electron chi connectivity index (χ2n) is 5.34. The van der Waals surface area contributed by atoms with E-state index in [1.54, 1.807) is 45.0 Å². The molecule has 1 heterocycles. The van der Waals surface area contributed by atoms with E-state index in [1.807, 2.05) is 6.07 Å². The quantitative estimate of drug-likeness (QED) is 0.676. The lowest BCUT2D eigenvalue weighted by atomic mass is 10.1. The summed E-state index contributed by atoms with van der Waals surface area (Å²) in [6.45, 7) is 6.63. The second-order valence-corrected chi connectivity index (χ2v) is 5.34. The fraction of sp³-hybridized carbons (Fsp3) is 0.278. The highest BCUT2D eigenvalue weighted by molar-refractivity contribution is 6.08. The van der Waals surface area contributed by atoms with Crippen LogP contribution in [0.2, 0.25) is 0 Å². The molecule has 0 radical (unpaired) electrons. The molecule has 0 atom stereocenters. The van der Waals surface area contributed by atoms with Gasteiger partial charge in [-0.1, -0.05) is 18.2 Å². The molecule has 126 valence electrons. The van der Waals surface area contributed by atoms with Crippen LogP contribution in [0.15, 0.2) is 30.3 Å². The molecular weight excluding hydrogens is 308 g/mol. The topological polar surface area (TPSA) is 77.4 Å². The van der Waals surface area contributed by atoms with Crippen molar-refractivity contribution in [2.75, 3.05) is 12.0 Å². The van der Waals surface area contributed by atoms with Gasteiger partial charge in [0, 0.05) is 11.3 Å². The summed E-state index contributed by atoms with van der Waals surface area (Å²) in [5.41, 5.74) is 4.61. The fourth-order valence-corrected chi connectivity index (χ4v) is 2.64. The number of esters is 1. The summed E-state index contributed by atoms with van der Waals surface area (Å²) in [5, 5.41) is 0. The average molecular weight is 328 g/mol. The lowest BCUT2D eigenvalue weighted by molar-refractivity contribution is 0.0522. The average Bonchev–Trinajstić information content (AvgIpc) is 2.80. The molecule has 1 N–H and O–H groups in total. The van der Waals surface area contributed by atoms with Gasteiger partial charge in [0.1, 0.15) is 0 Å². The number of aromatic nitrogens is 1. The summed E-state index contributed by atoms with van der Waals surface area (Å²) in [5.74, 6) is -1.16. The molecule has 0 spiro atoms. The van der Waals surface area contributed by atoms with E-state index in [9.17, 15) is 14.4 Å².